The van der Waals surface area contributed by atoms with Crippen molar-refractivity contribution in [2.45, 2.75) is 25.7 Å². The molecular weight excluding hydrogens is 442 g/mol. The van der Waals surface area contributed by atoms with Crippen molar-refractivity contribution in [1.82, 2.24) is 29.7 Å². The Balaban J connectivity index is 1.29. The summed E-state index contributed by atoms with van der Waals surface area (Å²) in [6, 6.07) is 12.1. The minimum Gasteiger partial charge on any atom is -0.486 e. The zero-order valence-electron chi connectivity index (χ0n) is 19.9. The molecule has 1 saturated carbocycles. The Kier molecular flexibility index (Phi) is 4.80. The van der Waals surface area contributed by atoms with Crippen molar-refractivity contribution in [3.05, 3.63) is 36.4 Å². The van der Waals surface area contributed by atoms with Crippen LogP contribution in [0, 0.1) is 11.3 Å². The molecule has 1 aliphatic carbocycles. The molecule has 1 N–H and O–H groups in total. The predicted molar refractivity (Wildman–Crippen MR) is 133 cm³/mol. The molecule has 9 heteroatoms. The lowest BCUT2D eigenvalue weighted by Gasteiger charge is -2.29. The first-order valence-electron chi connectivity index (χ1n) is 12.5. The van der Waals surface area contributed by atoms with E-state index in [1.165, 1.54) is 12.8 Å². The Morgan fingerprint density at radius 3 is 2.63 bits per heavy atom. The van der Waals surface area contributed by atoms with Crippen LogP contribution >= 0.6 is 0 Å². The van der Waals surface area contributed by atoms with Crippen LogP contribution in [-0.2, 0) is 0 Å². The first-order chi connectivity index (χ1) is 17.2. The van der Waals surface area contributed by atoms with Crippen LogP contribution in [0.3, 0.4) is 0 Å². The van der Waals surface area contributed by atoms with Crippen LogP contribution in [-0.4, -0.2) is 69.6 Å². The van der Waals surface area contributed by atoms with Crippen LogP contribution in [0.25, 0.3) is 28.1 Å². The van der Waals surface area contributed by atoms with Gasteiger partial charge in [0.25, 0.3) is 0 Å². The van der Waals surface area contributed by atoms with Gasteiger partial charge in [-0.2, -0.15) is 4.52 Å². The molecule has 0 radical (unpaired) electrons. The Hall–Kier alpha value is -3.46. The number of benzene rings is 1. The molecular formula is C26H29N7O2. The van der Waals surface area contributed by atoms with E-state index in [4.69, 9.17) is 19.6 Å². The molecule has 2 aliphatic heterocycles. The van der Waals surface area contributed by atoms with Crippen molar-refractivity contribution >= 4 is 22.4 Å². The maximum absolute atomic E-state index is 6.35. The van der Waals surface area contributed by atoms with Gasteiger partial charge < -0.3 is 19.7 Å². The van der Waals surface area contributed by atoms with Gasteiger partial charge in [0.05, 0.1) is 18.7 Å². The summed E-state index contributed by atoms with van der Waals surface area (Å²) in [4.78, 5) is 7.21. The van der Waals surface area contributed by atoms with Crippen LogP contribution in [0.4, 0.5) is 5.82 Å². The SMILES string of the molecule is CN1CCC(CNc2nn3c(-c4ccc5ccccc5n4)nnc3c3c2OCC2(CC2)CO3)CC1. The van der Waals surface area contributed by atoms with E-state index in [1.807, 2.05) is 24.3 Å². The lowest BCUT2D eigenvalue weighted by molar-refractivity contribution is 0.197. The average molecular weight is 472 g/mol. The number of nitrogens with one attached hydrogen (secondary N) is 1. The van der Waals surface area contributed by atoms with E-state index in [2.05, 4.69) is 39.6 Å². The van der Waals surface area contributed by atoms with Gasteiger partial charge >= 0.3 is 0 Å². The zero-order valence-corrected chi connectivity index (χ0v) is 19.9. The molecule has 7 rings (SSSR count). The number of hydrogen-bond acceptors (Lipinski definition) is 8. The highest BCUT2D eigenvalue weighted by Gasteiger charge is 2.47. The topological polar surface area (TPSA) is 89.7 Å². The van der Waals surface area contributed by atoms with E-state index < -0.39 is 0 Å². The minimum absolute atomic E-state index is 0.115. The lowest BCUT2D eigenvalue weighted by Crippen LogP contribution is -2.33. The molecule has 180 valence electrons. The highest BCUT2D eigenvalue weighted by Crippen LogP contribution is 2.51. The van der Waals surface area contributed by atoms with Gasteiger partial charge in [-0.25, -0.2) is 4.98 Å². The number of nitrogens with zero attached hydrogens (tertiary/aromatic N) is 6. The quantitative estimate of drug-likeness (QED) is 0.483. The van der Waals surface area contributed by atoms with Crippen molar-refractivity contribution in [3.63, 3.8) is 0 Å². The highest BCUT2D eigenvalue weighted by molar-refractivity contribution is 5.81. The number of anilines is 1. The van der Waals surface area contributed by atoms with E-state index in [0.717, 1.165) is 49.1 Å². The Bertz CT molecular complexity index is 1410. The molecule has 1 spiro atoms. The fourth-order valence-corrected chi connectivity index (χ4v) is 5.07. The number of fused-ring (bicyclic) bond motifs is 4. The number of aromatic nitrogens is 5. The van der Waals surface area contributed by atoms with Gasteiger partial charge in [-0.05, 0) is 63.9 Å². The van der Waals surface area contributed by atoms with E-state index in [1.54, 1.807) is 4.52 Å². The van der Waals surface area contributed by atoms with Crippen LogP contribution in [0.1, 0.15) is 25.7 Å². The molecule has 9 nitrogen and oxygen atoms in total. The van der Waals surface area contributed by atoms with E-state index in [-0.39, 0.29) is 5.41 Å². The second-order valence-electron chi connectivity index (χ2n) is 10.4. The molecule has 1 saturated heterocycles. The summed E-state index contributed by atoms with van der Waals surface area (Å²) in [5.41, 5.74) is 2.31. The zero-order chi connectivity index (χ0) is 23.4. The monoisotopic (exact) mass is 471 g/mol. The summed E-state index contributed by atoms with van der Waals surface area (Å²) < 4.78 is 14.4. The number of ether oxygens (including phenoxy) is 2. The predicted octanol–water partition coefficient (Wildman–Crippen LogP) is 3.64. The van der Waals surface area contributed by atoms with Crippen LogP contribution in [0.15, 0.2) is 36.4 Å². The summed E-state index contributed by atoms with van der Waals surface area (Å²) >= 11 is 0. The van der Waals surface area contributed by atoms with Crippen LogP contribution in [0.2, 0.25) is 0 Å². The third kappa shape index (κ3) is 3.74. The average Bonchev–Trinajstić information content (AvgIpc) is 3.59. The first kappa shape index (κ1) is 20.9. The number of hydrogen-bond donors (Lipinski definition) is 1. The maximum atomic E-state index is 6.35. The van der Waals surface area contributed by atoms with Gasteiger partial charge in [0.2, 0.25) is 23.0 Å². The number of para-hydroxylation sites is 1. The Labute approximate surface area is 203 Å². The van der Waals surface area contributed by atoms with Gasteiger partial charge in [-0.1, -0.05) is 24.3 Å². The van der Waals surface area contributed by atoms with Gasteiger partial charge in [-0.15, -0.1) is 15.3 Å². The molecule has 4 aromatic rings. The molecule has 0 amide bonds. The van der Waals surface area contributed by atoms with Gasteiger partial charge in [0.15, 0.2) is 5.82 Å². The number of pyridine rings is 1. The standard InChI is InChI=1S/C26H29N7O2/c1-32-12-8-17(9-13-32)14-27-23-21-22(35-16-26(10-11-26)15-34-21)25-30-29-24(33(25)31-23)20-7-6-18-4-2-3-5-19(18)28-20/h2-7,17H,8-16H2,1H3,(H,27,31). The van der Waals surface area contributed by atoms with Crippen molar-refractivity contribution in [2.75, 3.05) is 45.2 Å². The van der Waals surface area contributed by atoms with Crippen LogP contribution < -0.4 is 14.8 Å². The second-order valence-corrected chi connectivity index (χ2v) is 10.4. The van der Waals surface area contributed by atoms with Crippen molar-refractivity contribution in [3.8, 4) is 23.0 Å². The number of likely N-dealkylation sites (tertiary alicyclic amines) is 1. The molecule has 3 aliphatic rings. The summed E-state index contributed by atoms with van der Waals surface area (Å²) in [6.07, 6.45) is 4.60. The molecule has 5 heterocycles. The van der Waals surface area contributed by atoms with Crippen molar-refractivity contribution in [2.24, 2.45) is 11.3 Å². The third-order valence-electron chi connectivity index (χ3n) is 7.69. The molecule has 35 heavy (non-hydrogen) atoms. The van der Waals surface area contributed by atoms with E-state index >= 15 is 0 Å². The molecule has 0 unspecified atom stereocenters. The Morgan fingerprint density at radius 2 is 1.80 bits per heavy atom. The Morgan fingerprint density at radius 1 is 1.00 bits per heavy atom. The molecule has 0 bridgehead atoms. The second kappa shape index (κ2) is 8.05. The number of piperidine rings is 1. The first-order valence-corrected chi connectivity index (χ1v) is 12.5. The molecule has 2 fully saturated rings. The summed E-state index contributed by atoms with van der Waals surface area (Å²) in [5, 5.41) is 18.6. The minimum atomic E-state index is 0.115. The molecule has 0 atom stereocenters. The van der Waals surface area contributed by atoms with Crippen LogP contribution in [0.5, 0.6) is 11.5 Å². The van der Waals surface area contributed by atoms with Gasteiger partial charge in [0, 0.05) is 17.3 Å². The summed E-state index contributed by atoms with van der Waals surface area (Å²) in [6.45, 7) is 4.38. The van der Waals surface area contributed by atoms with Gasteiger partial charge in [0.1, 0.15) is 5.69 Å². The largest absolute Gasteiger partial charge is 0.486 e. The fourth-order valence-electron chi connectivity index (χ4n) is 5.07. The summed E-state index contributed by atoms with van der Waals surface area (Å²) in [7, 11) is 2.19. The third-order valence-corrected chi connectivity index (χ3v) is 7.69. The normalized spacial score (nSPS) is 19.8. The maximum Gasteiger partial charge on any atom is 0.224 e. The summed E-state index contributed by atoms with van der Waals surface area (Å²) in [5.74, 6) is 3.15. The van der Waals surface area contributed by atoms with Gasteiger partial charge in [-0.3, -0.25) is 0 Å². The van der Waals surface area contributed by atoms with Crippen molar-refractivity contribution < 1.29 is 9.47 Å². The lowest BCUT2D eigenvalue weighted by atomic mass is 9.97. The highest BCUT2D eigenvalue weighted by atomic mass is 16.5. The molecule has 3 aromatic heterocycles. The number of rotatable bonds is 4. The smallest absolute Gasteiger partial charge is 0.224 e. The van der Waals surface area contributed by atoms with Crippen molar-refractivity contribution in [1.29, 1.82) is 0 Å². The van der Waals surface area contributed by atoms with E-state index in [9.17, 15) is 0 Å². The van der Waals surface area contributed by atoms with E-state index in [0.29, 0.717) is 47.9 Å². The fraction of sp³-hybridized carbons (Fsp3) is 0.462. The molecule has 1 aromatic carbocycles.